The van der Waals surface area contributed by atoms with E-state index in [0.717, 1.165) is 16.9 Å². The summed E-state index contributed by atoms with van der Waals surface area (Å²) in [4.78, 5) is 45.9. The molecule has 3 atom stereocenters. The van der Waals surface area contributed by atoms with Crippen molar-refractivity contribution in [3.05, 3.63) is 102 Å². The molecular weight excluding hydrogens is 566 g/mol. The second kappa shape index (κ2) is 14.5. The van der Waals surface area contributed by atoms with Crippen molar-refractivity contribution in [1.29, 1.82) is 0 Å². The Kier molecular flexibility index (Phi) is 10.8. The number of carbonyl (C=O) groups excluding carboxylic acids is 3. The van der Waals surface area contributed by atoms with Crippen LogP contribution in [0.1, 0.15) is 69.4 Å². The van der Waals surface area contributed by atoms with Crippen molar-refractivity contribution in [2.75, 3.05) is 10.2 Å². The molecule has 3 aromatic rings. The van der Waals surface area contributed by atoms with E-state index in [9.17, 15) is 19.5 Å². The Morgan fingerprint density at radius 3 is 2.36 bits per heavy atom. The molecule has 9 heteroatoms. The summed E-state index contributed by atoms with van der Waals surface area (Å²) >= 11 is 0. The molecule has 1 aliphatic rings. The molecule has 0 saturated heterocycles. The number of benzene rings is 2. The molecular formula is C36H45N5O4. The molecule has 2 heterocycles. The number of para-hydroxylation sites is 2. The van der Waals surface area contributed by atoms with Crippen molar-refractivity contribution in [2.45, 2.75) is 78.5 Å². The first kappa shape index (κ1) is 33.4. The number of rotatable bonds is 12. The first-order valence-electron chi connectivity index (χ1n) is 15.5. The topological polar surface area (TPSA) is 124 Å². The van der Waals surface area contributed by atoms with Crippen molar-refractivity contribution in [3.63, 3.8) is 0 Å². The Morgan fingerprint density at radius 1 is 0.978 bits per heavy atom. The first-order valence-corrected chi connectivity index (χ1v) is 15.5. The molecule has 0 bridgehead atoms. The van der Waals surface area contributed by atoms with Gasteiger partial charge in [-0.15, -0.1) is 0 Å². The van der Waals surface area contributed by atoms with E-state index in [1.807, 2.05) is 94.1 Å². The molecule has 9 nitrogen and oxygen atoms in total. The van der Waals surface area contributed by atoms with E-state index in [2.05, 4.69) is 20.9 Å². The van der Waals surface area contributed by atoms with Gasteiger partial charge in [-0.2, -0.15) is 0 Å². The Labute approximate surface area is 266 Å². The Hall–Kier alpha value is -4.50. The van der Waals surface area contributed by atoms with Crippen LogP contribution in [-0.4, -0.2) is 45.4 Å². The molecule has 45 heavy (non-hydrogen) atoms. The molecule has 0 spiro atoms. The molecule has 4 rings (SSSR count). The monoisotopic (exact) mass is 611 g/mol. The highest BCUT2D eigenvalue weighted by Gasteiger charge is 2.37. The van der Waals surface area contributed by atoms with Gasteiger partial charge in [-0.25, -0.2) is 0 Å². The number of hydrogen-bond acceptors (Lipinski definition) is 7. The minimum absolute atomic E-state index is 0.0651. The number of anilines is 2. The molecule has 1 aromatic heterocycles. The van der Waals surface area contributed by atoms with Crippen LogP contribution in [0.25, 0.3) is 0 Å². The lowest BCUT2D eigenvalue weighted by Gasteiger charge is -2.40. The van der Waals surface area contributed by atoms with Crippen molar-refractivity contribution in [2.24, 2.45) is 11.8 Å². The summed E-state index contributed by atoms with van der Waals surface area (Å²) in [6, 6.07) is 18.1. The number of ketones is 1. The fourth-order valence-electron chi connectivity index (χ4n) is 5.81. The van der Waals surface area contributed by atoms with Crippen LogP contribution in [0.2, 0.25) is 0 Å². The molecule has 1 aliphatic heterocycles. The van der Waals surface area contributed by atoms with E-state index in [1.54, 1.807) is 24.7 Å². The minimum Gasteiger partial charge on any atom is -0.392 e. The number of Topliss-reactive ketones (excluding diaryl/α,β-unsaturated/α-hetero) is 1. The molecule has 0 radical (unpaired) electrons. The lowest BCUT2D eigenvalue weighted by atomic mass is 9.83. The number of nitrogens with one attached hydrogen (secondary N) is 3. The summed E-state index contributed by atoms with van der Waals surface area (Å²) in [5.41, 5.74) is 3.29. The van der Waals surface area contributed by atoms with Crippen LogP contribution in [0.15, 0.2) is 85.1 Å². The van der Waals surface area contributed by atoms with E-state index in [1.165, 1.54) is 6.92 Å². The smallest absolute Gasteiger partial charge is 0.251 e. The highest BCUT2D eigenvalue weighted by molar-refractivity contribution is 5.96. The zero-order chi connectivity index (χ0) is 32.7. The van der Waals surface area contributed by atoms with Gasteiger partial charge in [0.1, 0.15) is 5.82 Å². The van der Waals surface area contributed by atoms with Crippen LogP contribution >= 0.6 is 0 Å². The molecule has 0 unspecified atom stereocenters. The standard InChI is InChI=1S/C36H45N5O4/c1-23(2)34(41-30-16-10-9-15-29(30)38-22-33(41)39-24(3)42)32(44)20-27(18-25-12-11-17-37-21-25)31(43)19-26-13-7-8-14-28(26)35(45)40-36(4,5)6/h7-17,21-23,27,31,34,38,43H,18-20H2,1-6H3,(H,39,42)(H,40,45)/t27-,31+,34-/m0/s1. The van der Waals surface area contributed by atoms with Gasteiger partial charge in [0.2, 0.25) is 5.91 Å². The number of fused-ring (bicyclic) bond motifs is 1. The average molecular weight is 612 g/mol. The van der Waals surface area contributed by atoms with Crippen molar-refractivity contribution in [3.8, 4) is 0 Å². The lowest BCUT2D eigenvalue weighted by Crippen LogP contribution is -2.50. The zero-order valence-corrected chi connectivity index (χ0v) is 27.0. The van der Waals surface area contributed by atoms with Crippen LogP contribution < -0.4 is 20.9 Å². The third-order valence-electron chi connectivity index (χ3n) is 7.74. The van der Waals surface area contributed by atoms with Gasteiger partial charge in [-0.3, -0.25) is 19.4 Å². The summed E-state index contributed by atoms with van der Waals surface area (Å²) in [5, 5.41) is 20.9. The van der Waals surface area contributed by atoms with Crippen molar-refractivity contribution < 1.29 is 19.5 Å². The summed E-state index contributed by atoms with van der Waals surface area (Å²) in [5.74, 6) is -0.631. The fraction of sp³-hybridized carbons (Fsp3) is 0.389. The summed E-state index contributed by atoms with van der Waals surface area (Å²) in [6.07, 6.45) is 4.92. The van der Waals surface area contributed by atoms with Gasteiger partial charge in [0.05, 0.1) is 23.5 Å². The maximum absolute atomic E-state index is 14.4. The van der Waals surface area contributed by atoms with Crippen LogP contribution in [0.5, 0.6) is 0 Å². The van der Waals surface area contributed by atoms with Gasteiger partial charge in [-0.05, 0) is 80.8 Å². The quantitative estimate of drug-likeness (QED) is 0.221. The number of hydrogen-bond donors (Lipinski definition) is 4. The average Bonchev–Trinajstić information content (AvgIpc) is 2.97. The van der Waals surface area contributed by atoms with E-state index >= 15 is 0 Å². The Bertz CT molecular complexity index is 1530. The Balaban J connectivity index is 1.66. The van der Waals surface area contributed by atoms with Gasteiger partial charge < -0.3 is 26.0 Å². The molecule has 2 amide bonds. The van der Waals surface area contributed by atoms with Crippen LogP contribution in [0.4, 0.5) is 11.4 Å². The van der Waals surface area contributed by atoms with E-state index in [4.69, 9.17) is 0 Å². The molecule has 0 fully saturated rings. The molecule has 0 aliphatic carbocycles. The van der Waals surface area contributed by atoms with Gasteiger partial charge >= 0.3 is 0 Å². The maximum atomic E-state index is 14.4. The zero-order valence-electron chi connectivity index (χ0n) is 27.0. The van der Waals surface area contributed by atoms with Crippen LogP contribution in [0.3, 0.4) is 0 Å². The number of pyridine rings is 1. The van der Waals surface area contributed by atoms with Crippen LogP contribution in [0, 0.1) is 11.8 Å². The number of nitrogens with zero attached hydrogens (tertiary/aromatic N) is 2. The molecule has 0 saturated carbocycles. The van der Waals surface area contributed by atoms with E-state index < -0.39 is 23.6 Å². The third-order valence-corrected chi connectivity index (χ3v) is 7.74. The van der Waals surface area contributed by atoms with Gasteiger partial charge in [-0.1, -0.05) is 50.2 Å². The number of carbonyl (C=O) groups is 3. The third kappa shape index (κ3) is 8.79. The second-order valence-corrected chi connectivity index (χ2v) is 13.1. The predicted molar refractivity (Wildman–Crippen MR) is 177 cm³/mol. The van der Waals surface area contributed by atoms with Gasteiger partial charge in [0, 0.05) is 43.0 Å². The summed E-state index contributed by atoms with van der Waals surface area (Å²) < 4.78 is 0. The second-order valence-electron chi connectivity index (χ2n) is 13.1. The molecule has 2 aromatic carbocycles. The highest BCUT2D eigenvalue weighted by Crippen LogP contribution is 2.36. The van der Waals surface area contributed by atoms with Crippen molar-refractivity contribution >= 4 is 29.0 Å². The van der Waals surface area contributed by atoms with Crippen molar-refractivity contribution in [1.82, 2.24) is 15.6 Å². The first-order chi connectivity index (χ1) is 21.3. The largest absolute Gasteiger partial charge is 0.392 e. The minimum atomic E-state index is -0.925. The molecule has 238 valence electrons. The maximum Gasteiger partial charge on any atom is 0.251 e. The summed E-state index contributed by atoms with van der Waals surface area (Å²) in [7, 11) is 0. The Morgan fingerprint density at radius 2 is 1.69 bits per heavy atom. The lowest BCUT2D eigenvalue weighted by molar-refractivity contribution is -0.123. The van der Waals surface area contributed by atoms with E-state index in [-0.39, 0.29) is 36.4 Å². The summed E-state index contributed by atoms with van der Waals surface area (Å²) in [6.45, 7) is 11.2. The number of aliphatic hydroxyl groups excluding tert-OH is 1. The number of amides is 2. The van der Waals surface area contributed by atoms with Gasteiger partial charge in [0.15, 0.2) is 5.78 Å². The SMILES string of the molecule is CC(=O)NC1=CNc2ccccc2N1[C@H](C(=O)C[C@H](Cc1cccnc1)[C@H](O)Cc1ccccc1C(=O)NC(C)(C)C)C(C)C. The number of aromatic nitrogens is 1. The van der Waals surface area contributed by atoms with E-state index in [0.29, 0.717) is 23.4 Å². The molecule has 4 N–H and O–H groups in total. The predicted octanol–water partition coefficient (Wildman–Crippen LogP) is 5.22. The normalized spacial score (nSPS) is 14.8. The number of aliphatic hydroxyl groups is 1. The van der Waals surface area contributed by atoms with Gasteiger partial charge in [0.25, 0.3) is 5.91 Å². The fourth-order valence-corrected chi connectivity index (χ4v) is 5.81. The van der Waals surface area contributed by atoms with Crippen LogP contribution in [-0.2, 0) is 22.4 Å². The highest BCUT2D eigenvalue weighted by atomic mass is 16.3.